The van der Waals surface area contributed by atoms with E-state index in [1.54, 1.807) is 29.0 Å². The Morgan fingerprint density at radius 2 is 1.89 bits per heavy atom. The van der Waals surface area contributed by atoms with Crippen LogP contribution in [0.4, 0.5) is 10.5 Å². The molecule has 2 aromatic carbocycles. The van der Waals surface area contributed by atoms with E-state index in [4.69, 9.17) is 4.74 Å². The van der Waals surface area contributed by atoms with Gasteiger partial charge >= 0.3 is 6.03 Å². The fourth-order valence-electron chi connectivity index (χ4n) is 3.75. The molecule has 6 nitrogen and oxygen atoms in total. The topological polar surface area (TPSA) is 61.9 Å². The van der Waals surface area contributed by atoms with E-state index >= 15 is 0 Å². The van der Waals surface area contributed by atoms with Crippen LogP contribution in [-0.4, -0.2) is 50.1 Å². The second-order valence-electron chi connectivity index (χ2n) is 7.01. The van der Waals surface area contributed by atoms with Gasteiger partial charge in [-0.25, -0.2) is 4.79 Å². The summed E-state index contributed by atoms with van der Waals surface area (Å²) in [5, 5.41) is 2.84. The summed E-state index contributed by atoms with van der Waals surface area (Å²) in [4.78, 5) is 28.5. The van der Waals surface area contributed by atoms with Gasteiger partial charge in [0.1, 0.15) is 5.60 Å². The number of ether oxygens (including phenoxy) is 1. The standard InChI is InChI=1S/C21H23N3O3/c1-27-21(17-8-3-2-4-9-17)14-23(15-21)19(25)16-7-5-10-18(13-16)24-12-6-11-22-20(24)26/h2-5,7-10,13H,6,11-12,14-15H2,1H3,(H,22,26). The molecule has 3 amide bonds. The Kier molecular flexibility index (Phi) is 4.58. The van der Waals surface area contributed by atoms with Crippen LogP contribution in [0.1, 0.15) is 22.3 Å². The maximum atomic E-state index is 12.9. The van der Waals surface area contributed by atoms with Crippen molar-refractivity contribution in [2.75, 3.05) is 38.2 Å². The SMILES string of the molecule is COC1(c2ccccc2)CN(C(=O)c2cccc(N3CCCNC3=O)c2)C1. The van der Waals surface area contributed by atoms with Crippen molar-refractivity contribution in [2.45, 2.75) is 12.0 Å². The average molecular weight is 365 g/mol. The molecule has 0 radical (unpaired) electrons. The number of benzene rings is 2. The van der Waals surface area contributed by atoms with E-state index in [1.165, 1.54) is 0 Å². The Bertz CT molecular complexity index is 847. The molecule has 140 valence electrons. The average Bonchev–Trinajstić information content (AvgIpc) is 2.69. The van der Waals surface area contributed by atoms with Gasteiger partial charge in [-0.2, -0.15) is 0 Å². The maximum Gasteiger partial charge on any atom is 0.321 e. The highest BCUT2D eigenvalue weighted by Crippen LogP contribution is 2.36. The molecule has 2 aliphatic heterocycles. The number of hydrogen-bond donors (Lipinski definition) is 1. The van der Waals surface area contributed by atoms with Crippen LogP contribution >= 0.6 is 0 Å². The zero-order valence-corrected chi connectivity index (χ0v) is 15.4. The Balaban J connectivity index is 1.50. The van der Waals surface area contributed by atoms with Gasteiger partial charge < -0.3 is 15.0 Å². The van der Waals surface area contributed by atoms with Crippen LogP contribution in [0.5, 0.6) is 0 Å². The van der Waals surface area contributed by atoms with Crippen molar-refractivity contribution in [1.82, 2.24) is 10.2 Å². The number of urea groups is 1. The van der Waals surface area contributed by atoms with E-state index in [1.807, 2.05) is 42.5 Å². The van der Waals surface area contributed by atoms with Crippen LogP contribution in [0, 0.1) is 0 Å². The number of rotatable bonds is 4. The van der Waals surface area contributed by atoms with Crippen molar-refractivity contribution in [3.63, 3.8) is 0 Å². The van der Waals surface area contributed by atoms with Gasteiger partial charge in [0.2, 0.25) is 0 Å². The molecule has 4 rings (SSSR count). The summed E-state index contributed by atoms with van der Waals surface area (Å²) in [6, 6.07) is 17.1. The largest absolute Gasteiger partial charge is 0.370 e. The Morgan fingerprint density at radius 1 is 1.11 bits per heavy atom. The molecule has 0 saturated carbocycles. The fraction of sp³-hybridized carbons (Fsp3) is 0.333. The molecule has 27 heavy (non-hydrogen) atoms. The van der Waals surface area contributed by atoms with Crippen molar-refractivity contribution < 1.29 is 14.3 Å². The van der Waals surface area contributed by atoms with E-state index in [2.05, 4.69) is 5.32 Å². The van der Waals surface area contributed by atoms with Crippen LogP contribution in [0.25, 0.3) is 0 Å². The first-order valence-corrected chi connectivity index (χ1v) is 9.18. The summed E-state index contributed by atoms with van der Waals surface area (Å²) in [6.07, 6.45) is 0.892. The number of likely N-dealkylation sites (tertiary alicyclic amines) is 1. The molecule has 2 aromatic rings. The molecule has 0 spiro atoms. The molecular formula is C21H23N3O3. The van der Waals surface area contributed by atoms with Gasteiger partial charge in [-0.1, -0.05) is 36.4 Å². The minimum atomic E-state index is -0.443. The maximum absolute atomic E-state index is 12.9. The molecule has 0 aromatic heterocycles. The lowest BCUT2D eigenvalue weighted by Gasteiger charge is -2.49. The van der Waals surface area contributed by atoms with Crippen LogP contribution in [0.2, 0.25) is 0 Å². The summed E-state index contributed by atoms with van der Waals surface area (Å²) >= 11 is 0. The number of amides is 3. The molecule has 0 aliphatic carbocycles. The Hall–Kier alpha value is -2.86. The van der Waals surface area contributed by atoms with Gasteiger partial charge in [-0.15, -0.1) is 0 Å². The Labute approximate surface area is 158 Å². The third-order valence-corrected chi connectivity index (χ3v) is 5.36. The summed E-state index contributed by atoms with van der Waals surface area (Å²) in [7, 11) is 1.68. The molecule has 6 heteroatoms. The predicted octanol–water partition coefficient (Wildman–Crippen LogP) is 2.60. The molecule has 2 heterocycles. The highest BCUT2D eigenvalue weighted by atomic mass is 16.5. The quantitative estimate of drug-likeness (QED) is 0.906. The summed E-state index contributed by atoms with van der Waals surface area (Å²) in [6.45, 7) is 2.38. The van der Waals surface area contributed by atoms with Crippen molar-refractivity contribution >= 4 is 17.6 Å². The zero-order chi connectivity index (χ0) is 18.9. The number of anilines is 1. The Morgan fingerprint density at radius 3 is 2.59 bits per heavy atom. The number of nitrogens with one attached hydrogen (secondary N) is 1. The molecule has 0 unspecified atom stereocenters. The first-order chi connectivity index (χ1) is 13.1. The number of carbonyl (C=O) groups is 2. The molecule has 0 atom stereocenters. The second kappa shape index (κ2) is 7.04. The van der Waals surface area contributed by atoms with Crippen LogP contribution < -0.4 is 10.2 Å². The minimum Gasteiger partial charge on any atom is -0.370 e. The smallest absolute Gasteiger partial charge is 0.321 e. The molecule has 1 N–H and O–H groups in total. The van der Waals surface area contributed by atoms with Gasteiger partial charge in [-0.3, -0.25) is 9.69 Å². The van der Waals surface area contributed by atoms with Gasteiger partial charge in [0.05, 0.1) is 13.1 Å². The number of carbonyl (C=O) groups excluding carboxylic acids is 2. The van der Waals surface area contributed by atoms with Crippen LogP contribution in [0.15, 0.2) is 54.6 Å². The minimum absolute atomic E-state index is 0.0436. The van der Waals surface area contributed by atoms with Crippen molar-refractivity contribution in [1.29, 1.82) is 0 Å². The highest BCUT2D eigenvalue weighted by Gasteiger charge is 2.47. The van der Waals surface area contributed by atoms with E-state index in [9.17, 15) is 9.59 Å². The van der Waals surface area contributed by atoms with Gasteiger partial charge in [0, 0.05) is 31.5 Å². The molecule has 2 aliphatic rings. The van der Waals surface area contributed by atoms with Gasteiger partial charge in [0.15, 0.2) is 0 Å². The third kappa shape index (κ3) is 3.17. The number of hydrogen-bond acceptors (Lipinski definition) is 3. The lowest BCUT2D eigenvalue weighted by atomic mass is 9.85. The first kappa shape index (κ1) is 17.5. The lowest BCUT2D eigenvalue weighted by molar-refractivity contribution is -0.114. The summed E-state index contributed by atoms with van der Waals surface area (Å²) in [5.74, 6) is -0.0436. The predicted molar refractivity (Wildman–Crippen MR) is 103 cm³/mol. The molecule has 0 bridgehead atoms. The van der Waals surface area contributed by atoms with E-state index in [-0.39, 0.29) is 11.9 Å². The highest BCUT2D eigenvalue weighted by molar-refractivity contribution is 5.98. The van der Waals surface area contributed by atoms with Crippen LogP contribution in [-0.2, 0) is 10.3 Å². The van der Waals surface area contributed by atoms with Gasteiger partial charge in [-0.05, 0) is 30.2 Å². The number of methoxy groups -OCH3 is 1. The van der Waals surface area contributed by atoms with E-state index in [0.29, 0.717) is 31.7 Å². The fourth-order valence-corrected chi connectivity index (χ4v) is 3.75. The lowest BCUT2D eigenvalue weighted by Crippen LogP contribution is -2.62. The van der Waals surface area contributed by atoms with Crippen molar-refractivity contribution in [3.05, 3.63) is 65.7 Å². The molecule has 2 fully saturated rings. The first-order valence-electron chi connectivity index (χ1n) is 9.18. The normalized spacial score (nSPS) is 18.6. The monoisotopic (exact) mass is 365 g/mol. The zero-order valence-electron chi connectivity index (χ0n) is 15.4. The van der Waals surface area contributed by atoms with Crippen molar-refractivity contribution in [2.24, 2.45) is 0 Å². The van der Waals surface area contributed by atoms with Gasteiger partial charge in [0.25, 0.3) is 5.91 Å². The third-order valence-electron chi connectivity index (χ3n) is 5.36. The second-order valence-corrected chi connectivity index (χ2v) is 7.01. The van der Waals surface area contributed by atoms with Crippen LogP contribution in [0.3, 0.4) is 0 Å². The molecular weight excluding hydrogens is 342 g/mol. The van der Waals surface area contributed by atoms with E-state index < -0.39 is 5.60 Å². The summed E-state index contributed by atoms with van der Waals surface area (Å²) < 4.78 is 5.75. The number of nitrogens with zero attached hydrogens (tertiary/aromatic N) is 2. The molecule has 2 saturated heterocycles. The van der Waals surface area contributed by atoms with Crippen molar-refractivity contribution in [3.8, 4) is 0 Å². The van der Waals surface area contributed by atoms with E-state index in [0.717, 1.165) is 17.7 Å². The summed E-state index contributed by atoms with van der Waals surface area (Å²) in [5.41, 5.74) is 1.97.